The largest absolute Gasteiger partial charge is 0.461 e. The fraction of sp³-hybridized carbons (Fsp3) is 0.600. The van der Waals surface area contributed by atoms with Crippen molar-refractivity contribution in [3.8, 4) is 0 Å². The van der Waals surface area contributed by atoms with Crippen LogP contribution in [0.4, 0.5) is 0 Å². The minimum Gasteiger partial charge on any atom is -0.461 e. The third-order valence-electron chi connectivity index (χ3n) is 5.52. The smallest absolute Gasteiger partial charge is 0.309 e. The van der Waals surface area contributed by atoms with Gasteiger partial charge in [0, 0.05) is 12.8 Å². The van der Waals surface area contributed by atoms with Crippen molar-refractivity contribution in [3.63, 3.8) is 0 Å². The first kappa shape index (κ1) is 22.4. The molecule has 0 fully saturated rings. The predicted octanol–water partition coefficient (Wildman–Crippen LogP) is 6.41. The molecule has 2 atom stereocenters. The molecule has 0 saturated heterocycles. The lowest BCUT2D eigenvalue weighted by molar-refractivity contribution is -0.150. The molecule has 1 aromatic carbocycles. The molecule has 0 saturated carbocycles. The highest BCUT2D eigenvalue weighted by Crippen LogP contribution is 2.28. The van der Waals surface area contributed by atoms with Gasteiger partial charge in [0.05, 0.1) is 5.92 Å². The number of ether oxygens (including phenoxy) is 1. The zero-order valence-electron chi connectivity index (χ0n) is 17.4. The van der Waals surface area contributed by atoms with E-state index in [9.17, 15) is 9.59 Å². The van der Waals surface area contributed by atoms with Crippen LogP contribution >= 0.6 is 0 Å². The van der Waals surface area contributed by atoms with E-state index >= 15 is 0 Å². The lowest BCUT2D eigenvalue weighted by Crippen LogP contribution is -2.23. The second kappa shape index (κ2) is 13.3. The molecule has 3 heteroatoms. The zero-order chi connectivity index (χ0) is 20.0. The zero-order valence-corrected chi connectivity index (χ0v) is 17.4. The summed E-state index contributed by atoms with van der Waals surface area (Å²) in [5.74, 6) is 0.254. The van der Waals surface area contributed by atoms with Crippen molar-refractivity contribution in [1.82, 2.24) is 0 Å². The van der Waals surface area contributed by atoms with Crippen molar-refractivity contribution >= 4 is 11.8 Å². The molecule has 154 valence electrons. The molecule has 0 heterocycles. The highest BCUT2D eigenvalue weighted by atomic mass is 16.5. The van der Waals surface area contributed by atoms with E-state index in [1.165, 1.54) is 32.1 Å². The second-order valence-corrected chi connectivity index (χ2v) is 8.06. The third-order valence-corrected chi connectivity index (χ3v) is 5.52. The molecule has 0 aliphatic heterocycles. The number of allylic oxidation sites excluding steroid dienone is 2. The number of esters is 1. The summed E-state index contributed by atoms with van der Waals surface area (Å²) in [6, 6.07) is 9.75. The summed E-state index contributed by atoms with van der Waals surface area (Å²) in [5.41, 5.74) is 1.00. The number of carbonyl (C=O) groups is 2. The molecule has 0 spiro atoms. The van der Waals surface area contributed by atoms with E-state index in [1.807, 2.05) is 36.4 Å². The van der Waals surface area contributed by atoms with Crippen molar-refractivity contribution in [2.75, 3.05) is 0 Å². The van der Waals surface area contributed by atoms with Gasteiger partial charge in [-0.15, -0.1) is 0 Å². The maximum Gasteiger partial charge on any atom is 0.309 e. The van der Waals surface area contributed by atoms with Crippen LogP contribution < -0.4 is 0 Å². The number of Topliss-reactive ketones (excluding diaryl/α,β-unsaturated/α-hetero) is 1. The van der Waals surface area contributed by atoms with Gasteiger partial charge in [0.1, 0.15) is 12.4 Å². The lowest BCUT2D eigenvalue weighted by atomic mass is 9.83. The molecule has 1 aromatic rings. The first-order valence-electron chi connectivity index (χ1n) is 11.1. The molecule has 0 aromatic heterocycles. The Morgan fingerprint density at radius 1 is 1.00 bits per heavy atom. The van der Waals surface area contributed by atoms with Gasteiger partial charge >= 0.3 is 5.97 Å². The predicted molar refractivity (Wildman–Crippen MR) is 114 cm³/mol. The first-order valence-corrected chi connectivity index (χ1v) is 11.1. The summed E-state index contributed by atoms with van der Waals surface area (Å²) in [6.45, 7) is 2.55. The van der Waals surface area contributed by atoms with Crippen LogP contribution in [0.1, 0.15) is 83.1 Å². The quantitative estimate of drug-likeness (QED) is 0.224. The van der Waals surface area contributed by atoms with E-state index < -0.39 is 0 Å². The van der Waals surface area contributed by atoms with E-state index in [4.69, 9.17) is 4.74 Å². The van der Waals surface area contributed by atoms with Crippen molar-refractivity contribution < 1.29 is 14.3 Å². The van der Waals surface area contributed by atoms with Crippen LogP contribution in [0, 0.1) is 11.8 Å². The van der Waals surface area contributed by atoms with Crippen molar-refractivity contribution in [2.24, 2.45) is 11.8 Å². The van der Waals surface area contributed by atoms with E-state index in [0.717, 1.165) is 31.2 Å². The van der Waals surface area contributed by atoms with Crippen LogP contribution in [0.2, 0.25) is 0 Å². The van der Waals surface area contributed by atoms with Gasteiger partial charge in [-0.25, -0.2) is 0 Å². The standard InChI is InChI=1S/C25H36O3/c1-2-3-4-5-6-7-11-17-24(26)19-22-15-12-16-23(18-22)25(27)28-20-21-13-9-8-10-14-21/h8-10,12-15,22-23H,2-7,11,16-20H2,1H3/t22?,23-/m1/s1. The Labute approximate surface area is 170 Å². The van der Waals surface area contributed by atoms with Crippen LogP contribution in [0.25, 0.3) is 0 Å². The maximum absolute atomic E-state index is 12.4. The van der Waals surface area contributed by atoms with Crippen LogP contribution in [0.5, 0.6) is 0 Å². The van der Waals surface area contributed by atoms with Gasteiger partial charge in [-0.05, 0) is 30.7 Å². The van der Waals surface area contributed by atoms with Crippen LogP contribution in [-0.4, -0.2) is 11.8 Å². The number of benzene rings is 1. The Hall–Kier alpha value is -1.90. The highest BCUT2D eigenvalue weighted by Gasteiger charge is 2.26. The topological polar surface area (TPSA) is 43.4 Å². The molecule has 3 nitrogen and oxygen atoms in total. The molecule has 0 N–H and O–H groups in total. The van der Waals surface area contributed by atoms with Crippen LogP contribution in [0.15, 0.2) is 42.5 Å². The third kappa shape index (κ3) is 8.86. The number of hydrogen-bond donors (Lipinski definition) is 0. The lowest BCUT2D eigenvalue weighted by Gasteiger charge is -2.23. The Kier molecular flexibility index (Phi) is 10.6. The van der Waals surface area contributed by atoms with Gasteiger partial charge in [0.2, 0.25) is 0 Å². The first-order chi connectivity index (χ1) is 13.7. The molecule has 0 bridgehead atoms. The fourth-order valence-corrected chi connectivity index (χ4v) is 3.84. The molecular weight excluding hydrogens is 348 g/mol. The summed E-state index contributed by atoms with van der Waals surface area (Å²) < 4.78 is 5.48. The van der Waals surface area contributed by atoms with E-state index in [2.05, 4.69) is 13.0 Å². The monoisotopic (exact) mass is 384 g/mol. The molecule has 1 aliphatic rings. The Morgan fingerprint density at radius 3 is 2.46 bits per heavy atom. The van der Waals surface area contributed by atoms with Crippen molar-refractivity contribution in [1.29, 1.82) is 0 Å². The number of unbranched alkanes of at least 4 members (excludes halogenated alkanes) is 6. The summed E-state index contributed by atoms with van der Waals surface area (Å²) >= 11 is 0. The second-order valence-electron chi connectivity index (χ2n) is 8.06. The summed E-state index contributed by atoms with van der Waals surface area (Å²) in [5, 5.41) is 0. The number of hydrogen-bond acceptors (Lipinski definition) is 3. The van der Waals surface area contributed by atoms with Gasteiger partial charge in [-0.3, -0.25) is 9.59 Å². The van der Waals surface area contributed by atoms with E-state index in [0.29, 0.717) is 25.2 Å². The summed E-state index contributed by atoms with van der Waals surface area (Å²) in [7, 11) is 0. The summed E-state index contributed by atoms with van der Waals surface area (Å²) in [6.07, 6.45) is 15.5. The minimum absolute atomic E-state index is 0.120. The molecular formula is C25H36O3. The Morgan fingerprint density at radius 2 is 1.71 bits per heavy atom. The number of carbonyl (C=O) groups excluding carboxylic acids is 2. The van der Waals surface area contributed by atoms with Gasteiger partial charge in [-0.1, -0.05) is 87.9 Å². The molecule has 0 amide bonds. The number of rotatable bonds is 13. The van der Waals surface area contributed by atoms with E-state index in [1.54, 1.807) is 0 Å². The van der Waals surface area contributed by atoms with Gasteiger partial charge in [0.15, 0.2) is 0 Å². The van der Waals surface area contributed by atoms with Gasteiger partial charge in [-0.2, -0.15) is 0 Å². The van der Waals surface area contributed by atoms with E-state index in [-0.39, 0.29) is 17.8 Å². The Balaban J connectivity index is 1.62. The SMILES string of the molecule is CCCCCCCCCC(=O)CC1C=CC[C@@H](C(=O)OCc2ccccc2)C1. The normalized spacial score (nSPS) is 18.8. The molecule has 0 radical (unpaired) electrons. The van der Waals surface area contributed by atoms with Crippen molar-refractivity contribution in [2.45, 2.75) is 84.2 Å². The average molecular weight is 385 g/mol. The highest BCUT2D eigenvalue weighted by molar-refractivity contribution is 5.79. The van der Waals surface area contributed by atoms with Crippen LogP contribution in [0.3, 0.4) is 0 Å². The van der Waals surface area contributed by atoms with Gasteiger partial charge < -0.3 is 4.74 Å². The summed E-state index contributed by atoms with van der Waals surface area (Å²) in [4.78, 5) is 24.7. The molecule has 28 heavy (non-hydrogen) atoms. The van der Waals surface area contributed by atoms with Gasteiger partial charge in [0.25, 0.3) is 0 Å². The van der Waals surface area contributed by atoms with Crippen molar-refractivity contribution in [3.05, 3.63) is 48.0 Å². The molecule has 1 aliphatic carbocycles. The molecule has 1 unspecified atom stereocenters. The maximum atomic E-state index is 12.4. The number of ketones is 1. The Bertz CT molecular complexity index is 605. The minimum atomic E-state index is -0.141. The van der Waals surface area contributed by atoms with Crippen LogP contribution in [-0.2, 0) is 20.9 Å². The fourth-order valence-electron chi connectivity index (χ4n) is 3.84. The molecule has 2 rings (SSSR count). The average Bonchev–Trinajstić information content (AvgIpc) is 2.72.